The molecule has 9 nitrogen and oxygen atoms in total. The Kier molecular flexibility index (Phi) is 10.5. The highest BCUT2D eigenvalue weighted by atomic mass is 19.4. The van der Waals surface area contributed by atoms with Crippen molar-refractivity contribution >= 4 is 11.7 Å². The van der Waals surface area contributed by atoms with Gasteiger partial charge in [-0.15, -0.1) is 13.2 Å². The lowest BCUT2D eigenvalue weighted by Crippen LogP contribution is -2.38. The summed E-state index contributed by atoms with van der Waals surface area (Å²) in [6.07, 6.45) is -1.83. The Morgan fingerprint density at radius 2 is 1.59 bits per heavy atom. The van der Waals surface area contributed by atoms with Crippen molar-refractivity contribution in [2.45, 2.75) is 58.5 Å². The number of benzene rings is 2. The minimum atomic E-state index is -4.89. The van der Waals surface area contributed by atoms with Crippen LogP contribution in [0.3, 0.4) is 0 Å². The lowest BCUT2D eigenvalue weighted by atomic mass is 9.91. The summed E-state index contributed by atoms with van der Waals surface area (Å²) in [7, 11) is 0. The molecule has 1 unspecified atom stereocenters. The fraction of sp³-hybridized carbons (Fsp3) is 0.412. The number of ketones is 1. The summed E-state index contributed by atoms with van der Waals surface area (Å²) in [6.45, 7) is 12.4. The van der Waals surface area contributed by atoms with E-state index in [1.165, 1.54) is 23.1 Å². The molecule has 0 spiro atoms. The highest BCUT2D eigenvalue weighted by molar-refractivity contribution is 6.16. The van der Waals surface area contributed by atoms with Crippen LogP contribution >= 0.6 is 0 Å². The van der Waals surface area contributed by atoms with E-state index in [2.05, 4.69) is 9.64 Å². The number of carbonyl (C=O) groups is 2. The first kappa shape index (κ1) is 34.6. The zero-order valence-electron chi connectivity index (χ0n) is 26.7. The summed E-state index contributed by atoms with van der Waals surface area (Å²) in [5.74, 6) is -1.63. The number of amides is 1. The van der Waals surface area contributed by atoms with E-state index in [4.69, 9.17) is 20.9 Å². The van der Waals surface area contributed by atoms with E-state index in [9.17, 15) is 22.8 Å². The van der Waals surface area contributed by atoms with Gasteiger partial charge in [-0.25, -0.2) is 0 Å². The van der Waals surface area contributed by atoms with Crippen molar-refractivity contribution in [1.82, 2.24) is 9.80 Å². The molecule has 2 aromatic rings. The molecule has 0 bridgehead atoms. The molecule has 4 rings (SSSR count). The third kappa shape index (κ3) is 8.70. The Morgan fingerprint density at radius 1 is 0.978 bits per heavy atom. The van der Waals surface area contributed by atoms with E-state index in [0.29, 0.717) is 36.6 Å². The number of nitrogens with zero attached hydrogens (tertiary/aromatic N) is 2. The molecular formula is C34H41F3N4O5. The van der Waals surface area contributed by atoms with Crippen molar-refractivity contribution in [3.05, 3.63) is 100 Å². The van der Waals surface area contributed by atoms with Gasteiger partial charge in [0.15, 0.2) is 11.5 Å². The number of hydrogen-bond donors (Lipinski definition) is 2. The number of Topliss-reactive ketones (excluding diaryl/α,β-unsaturated/α-hetero) is 1. The maximum absolute atomic E-state index is 14.3. The fourth-order valence-corrected chi connectivity index (χ4v) is 5.18. The predicted molar refractivity (Wildman–Crippen MR) is 167 cm³/mol. The third-order valence-corrected chi connectivity index (χ3v) is 7.37. The van der Waals surface area contributed by atoms with Crippen molar-refractivity contribution < 1.29 is 37.0 Å². The van der Waals surface area contributed by atoms with Crippen LogP contribution in [-0.2, 0) is 14.3 Å². The number of allylic oxidation sites excluding steroid dienone is 2. The maximum Gasteiger partial charge on any atom is 0.573 e. The minimum Gasteiger partial charge on any atom is -0.482 e. The first-order valence-corrected chi connectivity index (χ1v) is 15.0. The molecule has 1 fully saturated rings. The summed E-state index contributed by atoms with van der Waals surface area (Å²) < 4.78 is 54.3. The Hall–Kier alpha value is -4.29. The van der Waals surface area contributed by atoms with Crippen molar-refractivity contribution in [3.8, 4) is 5.75 Å². The summed E-state index contributed by atoms with van der Waals surface area (Å²) >= 11 is 0. The SMILES string of the molecule is CC(C)c1ccc(C(=O)C2=C(OC(C)(C)C)C(=O)N(/C(N)=C/C=C(\N)CN3CCOCC3)C2c2ccc(OC(F)(F)F)cc2)cc1. The number of halogens is 3. The second-order valence-electron chi connectivity index (χ2n) is 12.5. The molecule has 2 aliphatic heterocycles. The number of alkyl halides is 3. The van der Waals surface area contributed by atoms with Crippen LogP contribution in [0, 0.1) is 0 Å². The normalized spacial score (nSPS) is 18.8. The third-order valence-electron chi connectivity index (χ3n) is 7.37. The number of nitrogens with two attached hydrogens (primary N) is 2. The van der Waals surface area contributed by atoms with Crippen LogP contribution in [-0.4, -0.2) is 66.3 Å². The zero-order chi connectivity index (χ0) is 33.8. The Bertz CT molecular complexity index is 1500. The molecule has 46 heavy (non-hydrogen) atoms. The molecule has 2 aliphatic rings. The van der Waals surface area contributed by atoms with Gasteiger partial charge in [-0.3, -0.25) is 19.4 Å². The lowest BCUT2D eigenvalue weighted by molar-refractivity contribution is -0.274. The average molecular weight is 643 g/mol. The van der Waals surface area contributed by atoms with Gasteiger partial charge in [0.2, 0.25) is 0 Å². The van der Waals surface area contributed by atoms with Gasteiger partial charge in [0.25, 0.3) is 5.91 Å². The van der Waals surface area contributed by atoms with Crippen molar-refractivity contribution in [1.29, 1.82) is 0 Å². The molecule has 1 amide bonds. The van der Waals surface area contributed by atoms with E-state index < -0.39 is 35.4 Å². The minimum absolute atomic E-state index is 0.00308. The molecule has 2 aromatic carbocycles. The number of carbonyl (C=O) groups excluding carboxylic acids is 2. The van der Waals surface area contributed by atoms with Crippen LogP contribution in [0.4, 0.5) is 13.2 Å². The Balaban J connectivity index is 1.81. The number of hydrogen-bond acceptors (Lipinski definition) is 8. The Labute approximate surface area is 267 Å². The molecular weight excluding hydrogens is 601 g/mol. The topological polar surface area (TPSA) is 120 Å². The van der Waals surface area contributed by atoms with Crippen LogP contribution < -0.4 is 16.2 Å². The van der Waals surface area contributed by atoms with Gasteiger partial charge in [-0.1, -0.05) is 50.2 Å². The number of morpholine rings is 1. The quantitative estimate of drug-likeness (QED) is 0.257. The summed E-state index contributed by atoms with van der Waals surface area (Å²) in [6, 6.07) is 10.9. The number of rotatable bonds is 10. The fourth-order valence-electron chi connectivity index (χ4n) is 5.18. The largest absolute Gasteiger partial charge is 0.573 e. The first-order chi connectivity index (χ1) is 21.5. The molecule has 0 aliphatic carbocycles. The molecule has 1 atom stereocenters. The van der Waals surface area contributed by atoms with Crippen molar-refractivity contribution in [3.63, 3.8) is 0 Å². The van der Waals surface area contributed by atoms with Crippen molar-refractivity contribution in [2.24, 2.45) is 11.5 Å². The van der Waals surface area contributed by atoms with E-state index >= 15 is 0 Å². The molecule has 4 N–H and O–H groups in total. The van der Waals surface area contributed by atoms with Gasteiger partial charge >= 0.3 is 6.36 Å². The predicted octanol–water partition coefficient (Wildman–Crippen LogP) is 5.52. The first-order valence-electron chi connectivity index (χ1n) is 15.0. The second kappa shape index (κ2) is 14.0. The van der Waals surface area contributed by atoms with Gasteiger partial charge in [0, 0.05) is 30.9 Å². The van der Waals surface area contributed by atoms with Gasteiger partial charge in [0.05, 0.1) is 24.8 Å². The van der Waals surface area contributed by atoms with Crippen LogP contribution in [0.15, 0.2) is 83.5 Å². The Morgan fingerprint density at radius 3 is 2.13 bits per heavy atom. The van der Waals surface area contributed by atoms with Gasteiger partial charge in [0.1, 0.15) is 17.2 Å². The maximum atomic E-state index is 14.3. The van der Waals surface area contributed by atoms with Crippen LogP contribution in [0.1, 0.15) is 68.1 Å². The second-order valence-corrected chi connectivity index (χ2v) is 12.5. The lowest BCUT2D eigenvalue weighted by Gasteiger charge is -2.27. The van der Waals surface area contributed by atoms with Gasteiger partial charge < -0.3 is 25.7 Å². The van der Waals surface area contributed by atoms with Crippen molar-refractivity contribution in [2.75, 3.05) is 32.8 Å². The van der Waals surface area contributed by atoms with Gasteiger partial charge in [-0.2, -0.15) is 0 Å². The molecule has 1 saturated heterocycles. The summed E-state index contributed by atoms with van der Waals surface area (Å²) in [4.78, 5) is 31.7. The highest BCUT2D eigenvalue weighted by Crippen LogP contribution is 2.43. The number of ether oxygens (including phenoxy) is 3. The molecule has 0 saturated carbocycles. The van der Waals surface area contributed by atoms with E-state index in [0.717, 1.165) is 30.8 Å². The zero-order valence-corrected chi connectivity index (χ0v) is 26.7. The summed E-state index contributed by atoms with van der Waals surface area (Å²) in [5, 5.41) is 0. The molecule has 0 aromatic heterocycles. The van der Waals surface area contributed by atoms with Crippen LogP contribution in [0.2, 0.25) is 0 Å². The molecule has 12 heteroatoms. The van der Waals surface area contributed by atoms with Crippen LogP contribution in [0.25, 0.3) is 0 Å². The summed E-state index contributed by atoms with van der Waals surface area (Å²) in [5.41, 5.74) is 14.1. The standard InChI is InChI=1S/C34H41F3N4O5/c1-21(2)22-6-8-24(9-7-22)30(42)28-29(23-10-13-26(14-11-23)45-34(35,36)37)41(32(43)31(28)46-33(3,4)5)27(39)15-12-25(38)20-40-16-18-44-19-17-40/h6-15,21,29H,16-20,38-39H2,1-5H3/b25-12-,27-15+. The monoisotopic (exact) mass is 642 g/mol. The van der Waals surface area contributed by atoms with Crippen LogP contribution in [0.5, 0.6) is 5.75 Å². The molecule has 2 heterocycles. The highest BCUT2D eigenvalue weighted by Gasteiger charge is 2.47. The van der Waals surface area contributed by atoms with Gasteiger partial charge in [-0.05, 0) is 62.1 Å². The van der Waals surface area contributed by atoms with E-state index in [1.807, 2.05) is 26.0 Å². The van der Waals surface area contributed by atoms with E-state index in [-0.39, 0.29) is 23.1 Å². The van der Waals surface area contributed by atoms with E-state index in [1.54, 1.807) is 39.0 Å². The average Bonchev–Trinajstić information content (AvgIpc) is 3.26. The molecule has 248 valence electrons. The smallest absolute Gasteiger partial charge is 0.482 e. The molecule has 0 radical (unpaired) electrons.